The van der Waals surface area contributed by atoms with Crippen LogP contribution in [0.3, 0.4) is 0 Å². The number of fused-ring (bicyclic) bond motifs is 1. The van der Waals surface area contributed by atoms with Gasteiger partial charge in [-0.05, 0) is 39.7 Å². The van der Waals surface area contributed by atoms with Gasteiger partial charge in [-0.25, -0.2) is 9.97 Å². The molecule has 8 heteroatoms. The van der Waals surface area contributed by atoms with Crippen molar-refractivity contribution in [1.29, 1.82) is 0 Å². The molecule has 25 heavy (non-hydrogen) atoms. The predicted molar refractivity (Wildman–Crippen MR) is 97.1 cm³/mol. The molecule has 7 nitrogen and oxygen atoms in total. The minimum absolute atomic E-state index is 0. The summed E-state index contributed by atoms with van der Waals surface area (Å²) in [7, 11) is 0. The molecule has 1 atom stereocenters. The molecular weight excluding hydrogens is 342 g/mol. The molecule has 1 saturated heterocycles. The van der Waals surface area contributed by atoms with Crippen molar-refractivity contribution in [3.63, 3.8) is 0 Å². The molecule has 0 radical (unpaired) electrons. The molecule has 0 aromatic carbocycles. The van der Waals surface area contributed by atoms with Crippen molar-refractivity contribution in [2.24, 2.45) is 0 Å². The zero-order valence-corrected chi connectivity index (χ0v) is 15.2. The van der Waals surface area contributed by atoms with Crippen LogP contribution < -0.4 is 10.6 Å². The second-order valence-corrected chi connectivity index (χ2v) is 7.49. The van der Waals surface area contributed by atoms with Gasteiger partial charge in [-0.1, -0.05) is 0 Å². The largest absolute Gasteiger partial charge is 0.388 e. The number of rotatable bonds is 4. The van der Waals surface area contributed by atoms with E-state index in [2.05, 4.69) is 25.6 Å². The molecule has 2 aromatic heterocycles. The Labute approximate surface area is 152 Å². The van der Waals surface area contributed by atoms with Gasteiger partial charge in [0.15, 0.2) is 5.65 Å². The van der Waals surface area contributed by atoms with Gasteiger partial charge in [-0.2, -0.15) is 0 Å². The highest BCUT2D eigenvalue weighted by atomic mass is 35.5. The molecule has 4 rings (SSSR count). The van der Waals surface area contributed by atoms with Crippen LogP contribution in [-0.4, -0.2) is 50.2 Å². The molecule has 1 saturated carbocycles. The van der Waals surface area contributed by atoms with Crippen molar-refractivity contribution in [2.45, 2.75) is 50.2 Å². The van der Waals surface area contributed by atoms with Gasteiger partial charge in [0.05, 0.1) is 28.6 Å². The second-order valence-electron chi connectivity index (χ2n) is 7.49. The molecule has 3 heterocycles. The number of aromatic amines is 1. The lowest BCUT2D eigenvalue weighted by molar-refractivity contribution is -0.0108. The Morgan fingerprint density at radius 3 is 2.80 bits per heavy atom. The zero-order chi connectivity index (χ0) is 16.9. The second kappa shape index (κ2) is 6.23. The third-order valence-corrected chi connectivity index (χ3v) is 5.32. The molecule has 1 aliphatic heterocycles. The van der Waals surface area contributed by atoms with Crippen LogP contribution in [0.5, 0.6) is 0 Å². The van der Waals surface area contributed by atoms with Crippen LogP contribution >= 0.6 is 12.4 Å². The van der Waals surface area contributed by atoms with Gasteiger partial charge in [0.1, 0.15) is 5.52 Å². The van der Waals surface area contributed by atoms with Crippen LogP contribution in [0.15, 0.2) is 12.4 Å². The average Bonchev–Trinajstić information content (AvgIpc) is 3.11. The van der Waals surface area contributed by atoms with Gasteiger partial charge >= 0.3 is 0 Å². The summed E-state index contributed by atoms with van der Waals surface area (Å²) in [5.74, 6) is 0.254. The highest BCUT2D eigenvalue weighted by Crippen LogP contribution is 2.39. The normalized spacial score (nSPS) is 23.5. The SMILES string of the molecule is CC(C)(O)C1(NC(=O)c2c[nH]c3ncc(C4CC4)nc23)CCNC1.Cl. The summed E-state index contributed by atoms with van der Waals surface area (Å²) in [6, 6.07) is 0. The van der Waals surface area contributed by atoms with Crippen molar-refractivity contribution in [3.8, 4) is 0 Å². The first-order valence-corrected chi connectivity index (χ1v) is 8.49. The number of H-pyrrole nitrogens is 1. The molecule has 0 spiro atoms. The van der Waals surface area contributed by atoms with Crippen LogP contribution in [0.2, 0.25) is 0 Å². The minimum atomic E-state index is -1.02. The van der Waals surface area contributed by atoms with E-state index >= 15 is 0 Å². The van der Waals surface area contributed by atoms with Crippen molar-refractivity contribution >= 4 is 29.5 Å². The molecule has 0 bridgehead atoms. The first kappa shape index (κ1) is 18.1. The highest BCUT2D eigenvalue weighted by Gasteiger charge is 2.47. The van der Waals surface area contributed by atoms with E-state index in [4.69, 9.17) is 0 Å². The number of aromatic nitrogens is 3. The number of hydrogen-bond acceptors (Lipinski definition) is 5. The Morgan fingerprint density at radius 1 is 1.44 bits per heavy atom. The topological polar surface area (TPSA) is 103 Å². The lowest BCUT2D eigenvalue weighted by Crippen LogP contribution is -2.63. The van der Waals surface area contributed by atoms with Crippen LogP contribution in [0.1, 0.15) is 55.1 Å². The fourth-order valence-electron chi connectivity index (χ4n) is 3.41. The number of amides is 1. The predicted octanol–water partition coefficient (Wildman–Crippen LogP) is 1.49. The first-order chi connectivity index (χ1) is 11.4. The molecule has 2 fully saturated rings. The van der Waals surface area contributed by atoms with Crippen LogP contribution in [0.25, 0.3) is 11.2 Å². The summed E-state index contributed by atoms with van der Waals surface area (Å²) in [6.45, 7) is 4.79. The van der Waals surface area contributed by atoms with Crippen molar-refractivity contribution in [2.75, 3.05) is 13.1 Å². The summed E-state index contributed by atoms with van der Waals surface area (Å²) in [5.41, 5.74) is 0.949. The smallest absolute Gasteiger partial charge is 0.255 e. The number of carbonyl (C=O) groups excluding carboxylic acids is 1. The Balaban J connectivity index is 0.00000182. The Kier molecular flexibility index (Phi) is 4.51. The van der Waals surface area contributed by atoms with Crippen LogP contribution in [-0.2, 0) is 0 Å². The van der Waals surface area contributed by atoms with E-state index in [-0.39, 0.29) is 18.3 Å². The number of hydrogen-bond donors (Lipinski definition) is 4. The standard InChI is InChI=1S/C17H23N5O2.ClH/c1-16(2,24)17(5-6-18-9-17)22-15(23)11-7-19-14-13(11)21-12(8-20-14)10-3-4-10;/h7-8,10,18,24H,3-6,9H2,1-2H3,(H,19,20)(H,22,23);1H. The number of aliphatic hydroxyl groups is 1. The number of nitrogens with zero attached hydrogens (tertiary/aromatic N) is 2. The van der Waals surface area contributed by atoms with E-state index in [1.54, 1.807) is 26.2 Å². The number of nitrogens with one attached hydrogen (secondary N) is 3. The Hall–Kier alpha value is -1.70. The van der Waals surface area contributed by atoms with Crippen molar-refractivity contribution in [3.05, 3.63) is 23.7 Å². The van der Waals surface area contributed by atoms with E-state index in [0.29, 0.717) is 35.6 Å². The van der Waals surface area contributed by atoms with E-state index in [9.17, 15) is 9.90 Å². The van der Waals surface area contributed by atoms with E-state index in [1.807, 2.05) is 0 Å². The Bertz CT molecular complexity index is 788. The summed E-state index contributed by atoms with van der Waals surface area (Å²) in [5, 5.41) is 16.8. The Morgan fingerprint density at radius 2 is 2.20 bits per heavy atom. The molecular formula is C17H24ClN5O2. The van der Waals surface area contributed by atoms with Gasteiger partial charge in [-0.3, -0.25) is 4.79 Å². The van der Waals surface area contributed by atoms with Gasteiger partial charge in [0, 0.05) is 18.7 Å². The molecule has 136 valence electrons. The third kappa shape index (κ3) is 3.12. The number of carbonyl (C=O) groups is 1. The van der Waals surface area contributed by atoms with Crippen LogP contribution in [0, 0.1) is 0 Å². The summed E-state index contributed by atoms with van der Waals surface area (Å²) < 4.78 is 0. The number of halogens is 1. The monoisotopic (exact) mass is 365 g/mol. The summed E-state index contributed by atoms with van der Waals surface area (Å²) in [6.07, 6.45) is 6.40. The maximum Gasteiger partial charge on any atom is 0.255 e. The summed E-state index contributed by atoms with van der Waals surface area (Å²) in [4.78, 5) is 24.9. The first-order valence-electron chi connectivity index (χ1n) is 8.49. The quantitative estimate of drug-likeness (QED) is 0.657. The highest BCUT2D eigenvalue weighted by molar-refractivity contribution is 6.04. The molecule has 1 amide bonds. The maximum atomic E-state index is 12.9. The average molecular weight is 366 g/mol. The van der Waals surface area contributed by atoms with E-state index < -0.39 is 11.1 Å². The zero-order valence-electron chi connectivity index (χ0n) is 14.4. The van der Waals surface area contributed by atoms with E-state index in [1.165, 1.54) is 0 Å². The molecule has 4 N–H and O–H groups in total. The molecule has 1 unspecified atom stereocenters. The lowest BCUT2D eigenvalue weighted by Gasteiger charge is -2.40. The summed E-state index contributed by atoms with van der Waals surface area (Å²) >= 11 is 0. The molecule has 2 aromatic rings. The van der Waals surface area contributed by atoms with Crippen LogP contribution in [0.4, 0.5) is 0 Å². The van der Waals surface area contributed by atoms with Gasteiger partial charge < -0.3 is 20.7 Å². The lowest BCUT2D eigenvalue weighted by atomic mass is 9.81. The third-order valence-electron chi connectivity index (χ3n) is 5.32. The van der Waals surface area contributed by atoms with Gasteiger partial charge in [0.25, 0.3) is 5.91 Å². The molecule has 1 aliphatic carbocycles. The fourth-order valence-corrected chi connectivity index (χ4v) is 3.41. The van der Waals surface area contributed by atoms with Gasteiger partial charge in [0.2, 0.25) is 0 Å². The van der Waals surface area contributed by atoms with Crippen molar-refractivity contribution in [1.82, 2.24) is 25.6 Å². The maximum absolute atomic E-state index is 12.9. The van der Waals surface area contributed by atoms with Gasteiger partial charge in [-0.15, -0.1) is 12.4 Å². The van der Waals surface area contributed by atoms with Crippen molar-refractivity contribution < 1.29 is 9.90 Å². The molecule has 2 aliphatic rings. The van der Waals surface area contributed by atoms with E-state index in [0.717, 1.165) is 25.1 Å². The minimum Gasteiger partial charge on any atom is -0.388 e. The fraction of sp³-hybridized carbons (Fsp3) is 0.588.